The van der Waals surface area contributed by atoms with E-state index < -0.39 is 5.82 Å². The van der Waals surface area contributed by atoms with Crippen LogP contribution in [0.15, 0.2) is 29.2 Å². The summed E-state index contributed by atoms with van der Waals surface area (Å²) in [5.41, 5.74) is 1.05. The average Bonchev–Trinajstić information content (AvgIpc) is 2.68. The predicted molar refractivity (Wildman–Crippen MR) is 69.5 cm³/mol. The molecule has 3 aromatic rings. The van der Waals surface area contributed by atoms with E-state index in [1.807, 2.05) is 0 Å². The van der Waals surface area contributed by atoms with E-state index in [0.29, 0.717) is 10.9 Å². The van der Waals surface area contributed by atoms with Crippen molar-refractivity contribution in [1.29, 1.82) is 0 Å². The van der Waals surface area contributed by atoms with Crippen LogP contribution in [0, 0.1) is 5.82 Å². The molecule has 0 aliphatic carbocycles. The molecule has 3 rings (SSSR count). The number of nitrogens with one attached hydrogen (secondary N) is 1. The molecule has 0 saturated carbocycles. The molecule has 0 radical (unpaired) electrons. The third-order valence-electron chi connectivity index (χ3n) is 2.86. The van der Waals surface area contributed by atoms with E-state index in [4.69, 9.17) is 11.6 Å². The second-order valence-electron chi connectivity index (χ2n) is 4.07. The van der Waals surface area contributed by atoms with Crippen molar-refractivity contribution < 1.29 is 4.39 Å². The van der Waals surface area contributed by atoms with Crippen molar-refractivity contribution in [3.05, 3.63) is 45.9 Å². The molecule has 96 valence electrons. The zero-order valence-corrected chi connectivity index (χ0v) is 10.6. The maximum atomic E-state index is 13.7. The molecular weight excluding hydrogens is 271 g/mol. The molecule has 7 heteroatoms. The van der Waals surface area contributed by atoms with Gasteiger partial charge in [-0.2, -0.15) is 0 Å². The Hall–Kier alpha value is -2.21. The van der Waals surface area contributed by atoms with E-state index in [2.05, 4.69) is 15.1 Å². The Morgan fingerprint density at radius 1 is 1.42 bits per heavy atom. The number of rotatable bonds is 1. The summed E-state index contributed by atoms with van der Waals surface area (Å²) in [4.78, 5) is 19.1. The van der Waals surface area contributed by atoms with Crippen LogP contribution in [-0.2, 0) is 7.05 Å². The largest absolute Gasteiger partial charge is 0.288 e. The molecule has 0 aliphatic heterocycles. The van der Waals surface area contributed by atoms with E-state index in [9.17, 15) is 9.18 Å². The lowest BCUT2D eigenvalue weighted by Crippen LogP contribution is -2.01. The number of hydrogen-bond acceptors (Lipinski definition) is 3. The molecule has 0 fully saturated rings. The van der Waals surface area contributed by atoms with Gasteiger partial charge in [-0.15, -0.1) is 0 Å². The van der Waals surface area contributed by atoms with Gasteiger partial charge in [-0.05, 0) is 23.7 Å². The van der Waals surface area contributed by atoms with Gasteiger partial charge in [-0.25, -0.2) is 14.4 Å². The first-order chi connectivity index (χ1) is 9.06. The summed E-state index contributed by atoms with van der Waals surface area (Å²) in [6.45, 7) is 0. The number of H-pyrrole nitrogens is 1. The highest BCUT2D eigenvalue weighted by Gasteiger charge is 2.11. The van der Waals surface area contributed by atoms with Gasteiger partial charge in [0.2, 0.25) is 5.28 Å². The molecule has 1 aromatic carbocycles. The highest BCUT2D eigenvalue weighted by molar-refractivity contribution is 6.28. The molecule has 0 aliphatic rings. The first-order valence-corrected chi connectivity index (χ1v) is 5.81. The van der Waals surface area contributed by atoms with Gasteiger partial charge in [-0.3, -0.25) is 14.6 Å². The highest BCUT2D eigenvalue weighted by atomic mass is 35.5. The van der Waals surface area contributed by atoms with Crippen LogP contribution in [0.3, 0.4) is 0 Å². The average molecular weight is 279 g/mol. The molecule has 0 bridgehead atoms. The van der Waals surface area contributed by atoms with Crippen molar-refractivity contribution in [2.75, 3.05) is 0 Å². The lowest BCUT2D eigenvalue weighted by molar-refractivity contribution is 0.618. The van der Waals surface area contributed by atoms with Gasteiger partial charge in [0.25, 0.3) is 5.56 Å². The molecule has 5 nitrogen and oxygen atoms in total. The first-order valence-electron chi connectivity index (χ1n) is 5.43. The van der Waals surface area contributed by atoms with Gasteiger partial charge in [0, 0.05) is 12.6 Å². The molecular formula is C12H8ClFN4O. The Morgan fingerprint density at radius 2 is 2.21 bits per heavy atom. The third-order valence-corrected chi connectivity index (χ3v) is 3.04. The number of halogens is 2. The molecule has 0 unspecified atom stereocenters. The molecule has 0 spiro atoms. The Balaban J connectivity index is 2.29. The van der Waals surface area contributed by atoms with Gasteiger partial charge in [0.1, 0.15) is 5.69 Å². The van der Waals surface area contributed by atoms with Crippen molar-refractivity contribution in [2.24, 2.45) is 7.05 Å². The highest BCUT2D eigenvalue weighted by Crippen LogP contribution is 2.24. The van der Waals surface area contributed by atoms with Crippen LogP contribution < -0.4 is 5.56 Å². The van der Waals surface area contributed by atoms with Crippen molar-refractivity contribution >= 4 is 22.5 Å². The van der Waals surface area contributed by atoms with Crippen LogP contribution in [0.1, 0.15) is 0 Å². The molecule has 2 heterocycles. The number of fused-ring (bicyclic) bond motifs is 1. The number of aromatic nitrogens is 4. The Bertz CT molecular complexity index is 839. The minimum absolute atomic E-state index is 0.0431. The standard InChI is InChI=1S/C12H8ClFN4O/c1-18-9-3-2-6(4-7(9)11(19)17-18)10-8(14)5-15-12(13)16-10/h2-5H,1H3,(H,17,19). The summed E-state index contributed by atoms with van der Waals surface area (Å²) in [5, 5.41) is 3.05. The fourth-order valence-electron chi connectivity index (χ4n) is 1.98. The predicted octanol–water partition coefficient (Wildman–Crippen LogP) is 2.12. The van der Waals surface area contributed by atoms with Crippen molar-refractivity contribution in [1.82, 2.24) is 19.7 Å². The molecule has 0 atom stereocenters. The topological polar surface area (TPSA) is 63.6 Å². The minimum Gasteiger partial charge on any atom is -0.288 e. The summed E-state index contributed by atoms with van der Waals surface area (Å²) in [7, 11) is 1.73. The van der Waals surface area contributed by atoms with E-state index >= 15 is 0 Å². The number of benzene rings is 1. The van der Waals surface area contributed by atoms with Crippen LogP contribution in [0.25, 0.3) is 22.2 Å². The van der Waals surface area contributed by atoms with Gasteiger partial charge in [-0.1, -0.05) is 6.07 Å². The zero-order chi connectivity index (χ0) is 13.6. The van der Waals surface area contributed by atoms with E-state index in [1.165, 1.54) is 0 Å². The van der Waals surface area contributed by atoms with E-state index in [0.717, 1.165) is 11.7 Å². The van der Waals surface area contributed by atoms with E-state index in [1.54, 1.807) is 29.9 Å². The van der Waals surface area contributed by atoms with E-state index in [-0.39, 0.29) is 16.5 Å². The third kappa shape index (κ3) is 1.90. The summed E-state index contributed by atoms with van der Waals surface area (Å²) in [5.74, 6) is -0.587. The minimum atomic E-state index is -0.587. The Morgan fingerprint density at radius 3 is 3.00 bits per heavy atom. The van der Waals surface area contributed by atoms with Gasteiger partial charge in [0.05, 0.1) is 17.1 Å². The van der Waals surface area contributed by atoms with Crippen LogP contribution in [0.5, 0.6) is 0 Å². The normalized spacial score (nSPS) is 11.1. The number of aromatic amines is 1. The van der Waals surface area contributed by atoms with Crippen LogP contribution in [0.4, 0.5) is 4.39 Å². The fraction of sp³-hybridized carbons (Fsp3) is 0.0833. The summed E-state index contributed by atoms with van der Waals surface area (Å²) >= 11 is 5.66. The van der Waals surface area contributed by atoms with Crippen molar-refractivity contribution in [3.8, 4) is 11.3 Å². The summed E-state index contributed by atoms with van der Waals surface area (Å²) in [6.07, 6.45) is 1.00. The lowest BCUT2D eigenvalue weighted by Gasteiger charge is -2.03. The molecule has 0 amide bonds. The van der Waals surface area contributed by atoms with Gasteiger partial charge >= 0.3 is 0 Å². The molecule has 1 N–H and O–H groups in total. The maximum absolute atomic E-state index is 13.7. The number of nitrogens with zero attached hydrogens (tertiary/aromatic N) is 3. The number of hydrogen-bond donors (Lipinski definition) is 1. The van der Waals surface area contributed by atoms with Crippen LogP contribution in [0.2, 0.25) is 5.28 Å². The zero-order valence-electron chi connectivity index (χ0n) is 9.82. The van der Waals surface area contributed by atoms with Crippen LogP contribution in [-0.4, -0.2) is 19.7 Å². The fourth-order valence-corrected chi connectivity index (χ4v) is 2.11. The second-order valence-corrected chi connectivity index (χ2v) is 4.41. The van der Waals surface area contributed by atoms with Crippen LogP contribution >= 0.6 is 11.6 Å². The smallest absolute Gasteiger partial charge is 0.271 e. The molecule has 2 aromatic heterocycles. The first kappa shape index (κ1) is 11.9. The quantitative estimate of drug-likeness (QED) is 0.694. The maximum Gasteiger partial charge on any atom is 0.271 e. The molecule has 19 heavy (non-hydrogen) atoms. The lowest BCUT2D eigenvalue weighted by atomic mass is 10.1. The summed E-state index contributed by atoms with van der Waals surface area (Å²) < 4.78 is 15.3. The Labute approximate surface area is 111 Å². The van der Waals surface area contributed by atoms with Gasteiger partial charge in [0.15, 0.2) is 5.82 Å². The monoisotopic (exact) mass is 278 g/mol. The van der Waals surface area contributed by atoms with Crippen molar-refractivity contribution in [2.45, 2.75) is 0 Å². The van der Waals surface area contributed by atoms with Crippen molar-refractivity contribution in [3.63, 3.8) is 0 Å². The van der Waals surface area contributed by atoms with Gasteiger partial charge < -0.3 is 0 Å². The SMILES string of the molecule is Cn1[nH]c(=O)c2cc(-c3nc(Cl)ncc3F)ccc21. The Kier molecular flexibility index (Phi) is 2.60. The number of aryl methyl sites for hydroxylation is 1. The summed E-state index contributed by atoms with van der Waals surface area (Å²) in [6, 6.07) is 4.98. The molecule has 0 saturated heterocycles. The second kappa shape index (κ2) is 4.17.